The average Bonchev–Trinajstić information content (AvgIpc) is 2.89. The highest BCUT2D eigenvalue weighted by Crippen LogP contribution is 2.44. The number of nitrogens with two attached hydrogens (primary N) is 1. The Bertz CT molecular complexity index is 1690. The maximum atomic E-state index is 13.1. The Morgan fingerprint density at radius 1 is 1.00 bits per heavy atom. The lowest BCUT2D eigenvalue weighted by Gasteiger charge is -2.16. The lowest BCUT2D eigenvalue weighted by atomic mass is 9.91. The fraction of sp³-hybridized carbons (Fsp3) is 0.0714. The Hall–Kier alpha value is -4.99. The van der Waals surface area contributed by atoms with Crippen LogP contribution in [-0.2, 0) is 6.18 Å². The number of amides is 1. The second-order valence-electron chi connectivity index (χ2n) is 8.61. The highest BCUT2D eigenvalue weighted by atomic mass is 19.4. The molecular formula is C28H20F3N5O2. The topological polar surface area (TPSA) is 114 Å². The van der Waals surface area contributed by atoms with E-state index in [1.165, 1.54) is 12.1 Å². The summed E-state index contributed by atoms with van der Waals surface area (Å²) >= 11 is 0. The molecule has 0 spiro atoms. The first-order chi connectivity index (χ1) is 18.1. The van der Waals surface area contributed by atoms with Crippen LogP contribution < -0.4 is 11.1 Å². The number of aromatic hydroxyl groups is 1. The highest BCUT2D eigenvalue weighted by molar-refractivity contribution is 6.06. The highest BCUT2D eigenvalue weighted by Gasteiger charge is 2.30. The Morgan fingerprint density at radius 3 is 2.50 bits per heavy atom. The van der Waals surface area contributed by atoms with E-state index in [1.54, 1.807) is 55.0 Å². The minimum Gasteiger partial charge on any atom is -0.507 e. The third-order valence-corrected chi connectivity index (χ3v) is 6.07. The number of halogens is 3. The van der Waals surface area contributed by atoms with Gasteiger partial charge in [-0.3, -0.25) is 9.78 Å². The number of carbonyl (C=O) groups is 1. The van der Waals surface area contributed by atoms with Crippen LogP contribution in [0.5, 0.6) is 5.75 Å². The molecule has 190 valence electrons. The lowest BCUT2D eigenvalue weighted by molar-refractivity contribution is -0.137. The number of nitrogens with zero attached hydrogens (tertiary/aromatic N) is 3. The van der Waals surface area contributed by atoms with Crippen molar-refractivity contribution in [3.63, 3.8) is 0 Å². The molecule has 2 heterocycles. The maximum absolute atomic E-state index is 13.1. The number of hydrogen-bond acceptors (Lipinski definition) is 6. The van der Waals surface area contributed by atoms with Crippen molar-refractivity contribution in [2.75, 3.05) is 11.1 Å². The maximum Gasteiger partial charge on any atom is 0.416 e. The van der Waals surface area contributed by atoms with Gasteiger partial charge in [0, 0.05) is 40.8 Å². The molecule has 10 heteroatoms. The van der Waals surface area contributed by atoms with E-state index < -0.39 is 17.6 Å². The van der Waals surface area contributed by atoms with E-state index in [0.29, 0.717) is 33.2 Å². The van der Waals surface area contributed by atoms with Crippen LogP contribution in [-0.4, -0.2) is 26.0 Å². The molecule has 1 amide bonds. The van der Waals surface area contributed by atoms with Crippen LogP contribution in [0.4, 0.5) is 24.8 Å². The first-order valence-electron chi connectivity index (χ1n) is 11.4. The monoisotopic (exact) mass is 515 g/mol. The first-order valence-corrected chi connectivity index (χ1v) is 11.4. The Kier molecular flexibility index (Phi) is 6.15. The summed E-state index contributed by atoms with van der Waals surface area (Å²) in [5, 5.41) is 14.6. The smallest absolute Gasteiger partial charge is 0.416 e. The average molecular weight is 515 g/mol. The van der Waals surface area contributed by atoms with E-state index in [-0.39, 0.29) is 22.9 Å². The number of anilines is 2. The number of nitrogen functional groups attached to an aromatic ring is 1. The number of pyridine rings is 1. The standard InChI is InChI=1S/C28H20F3N5O2/c1-15-5-6-17(26(38)35-20-4-2-3-19(13-20)28(29,30)31)11-21(15)22-12-18-14-34-27(32)36-24(18)23(25(22)37)16-7-9-33-10-8-16/h2-14,37H,1H3,(H,35,38)(H2,32,34,36). The number of fused-ring (bicyclic) bond motifs is 1. The fourth-order valence-electron chi connectivity index (χ4n) is 4.21. The Labute approximate surface area is 214 Å². The van der Waals surface area contributed by atoms with Crippen molar-refractivity contribution in [1.82, 2.24) is 15.0 Å². The van der Waals surface area contributed by atoms with Crippen LogP contribution in [0.3, 0.4) is 0 Å². The van der Waals surface area contributed by atoms with Crippen LogP contribution in [0.25, 0.3) is 33.2 Å². The molecule has 5 rings (SSSR count). The molecule has 0 atom stereocenters. The van der Waals surface area contributed by atoms with Gasteiger partial charge in [-0.25, -0.2) is 9.97 Å². The molecule has 5 aromatic rings. The number of aromatic nitrogens is 3. The molecule has 7 nitrogen and oxygen atoms in total. The predicted molar refractivity (Wildman–Crippen MR) is 138 cm³/mol. The van der Waals surface area contributed by atoms with Crippen molar-refractivity contribution in [2.45, 2.75) is 13.1 Å². The number of aryl methyl sites for hydroxylation is 1. The van der Waals surface area contributed by atoms with Gasteiger partial charge in [-0.2, -0.15) is 13.2 Å². The molecule has 0 unspecified atom stereocenters. The van der Waals surface area contributed by atoms with Gasteiger partial charge in [-0.15, -0.1) is 0 Å². The van der Waals surface area contributed by atoms with E-state index in [1.807, 2.05) is 6.92 Å². The molecule has 0 aliphatic rings. The summed E-state index contributed by atoms with van der Waals surface area (Å²) in [5.41, 5.74) is 8.40. The number of rotatable bonds is 4. The second kappa shape index (κ2) is 9.47. The van der Waals surface area contributed by atoms with Crippen molar-refractivity contribution < 1.29 is 23.1 Å². The molecule has 0 bridgehead atoms. The van der Waals surface area contributed by atoms with E-state index >= 15 is 0 Å². The Balaban J connectivity index is 1.60. The van der Waals surface area contributed by atoms with E-state index in [4.69, 9.17) is 5.73 Å². The van der Waals surface area contributed by atoms with Crippen LogP contribution in [0.15, 0.2) is 79.3 Å². The van der Waals surface area contributed by atoms with Gasteiger partial charge in [0.1, 0.15) is 5.75 Å². The van der Waals surface area contributed by atoms with E-state index in [0.717, 1.165) is 17.7 Å². The zero-order valence-corrected chi connectivity index (χ0v) is 19.9. The number of nitrogens with one attached hydrogen (secondary N) is 1. The number of hydrogen-bond donors (Lipinski definition) is 3. The number of carbonyl (C=O) groups excluding carboxylic acids is 1. The number of alkyl halides is 3. The fourth-order valence-corrected chi connectivity index (χ4v) is 4.21. The van der Waals surface area contributed by atoms with E-state index in [9.17, 15) is 23.1 Å². The summed E-state index contributed by atoms with van der Waals surface area (Å²) in [6, 6.07) is 14.4. The lowest BCUT2D eigenvalue weighted by Crippen LogP contribution is -2.13. The first kappa shape index (κ1) is 24.7. The van der Waals surface area contributed by atoms with Crippen LogP contribution >= 0.6 is 0 Å². The van der Waals surface area contributed by atoms with Crippen LogP contribution in [0, 0.1) is 6.92 Å². The second-order valence-corrected chi connectivity index (χ2v) is 8.61. The molecule has 4 N–H and O–H groups in total. The van der Waals surface area contributed by atoms with Gasteiger partial charge >= 0.3 is 6.18 Å². The molecule has 0 fully saturated rings. The molecule has 3 aromatic carbocycles. The Morgan fingerprint density at radius 2 is 1.76 bits per heavy atom. The molecular weight excluding hydrogens is 495 g/mol. The van der Waals surface area contributed by atoms with Gasteiger partial charge in [0.15, 0.2) is 0 Å². The van der Waals surface area contributed by atoms with Crippen molar-refractivity contribution >= 4 is 28.4 Å². The van der Waals surface area contributed by atoms with Crippen molar-refractivity contribution in [2.24, 2.45) is 0 Å². The van der Waals surface area contributed by atoms with Gasteiger partial charge in [0.2, 0.25) is 5.95 Å². The zero-order chi connectivity index (χ0) is 27.0. The normalized spacial score (nSPS) is 11.5. The summed E-state index contributed by atoms with van der Waals surface area (Å²) in [5.74, 6) is -0.638. The van der Waals surface area contributed by atoms with Crippen LogP contribution in [0.2, 0.25) is 0 Å². The third kappa shape index (κ3) is 4.71. The molecule has 2 aromatic heterocycles. The van der Waals surface area contributed by atoms with E-state index in [2.05, 4.69) is 20.3 Å². The summed E-state index contributed by atoms with van der Waals surface area (Å²) in [6.07, 6.45) is 0.181. The van der Waals surface area contributed by atoms with Gasteiger partial charge in [-0.05, 0) is 72.1 Å². The molecule has 0 aliphatic carbocycles. The van der Waals surface area contributed by atoms with Gasteiger partial charge < -0.3 is 16.2 Å². The number of benzene rings is 3. The molecule has 0 saturated carbocycles. The van der Waals surface area contributed by atoms with Crippen LogP contribution in [0.1, 0.15) is 21.5 Å². The summed E-state index contributed by atoms with van der Waals surface area (Å²) in [7, 11) is 0. The number of phenolic OH excluding ortho intramolecular Hbond substituents is 1. The molecule has 0 radical (unpaired) electrons. The third-order valence-electron chi connectivity index (χ3n) is 6.07. The van der Waals surface area contributed by atoms with Gasteiger partial charge in [-0.1, -0.05) is 12.1 Å². The summed E-state index contributed by atoms with van der Waals surface area (Å²) < 4.78 is 39.3. The zero-order valence-electron chi connectivity index (χ0n) is 19.9. The number of phenols is 1. The molecule has 0 aliphatic heterocycles. The summed E-state index contributed by atoms with van der Waals surface area (Å²) in [6.45, 7) is 1.82. The minimum absolute atomic E-state index is 0.00946. The largest absolute Gasteiger partial charge is 0.507 e. The quantitative estimate of drug-likeness (QED) is 0.262. The SMILES string of the molecule is Cc1ccc(C(=O)Nc2cccc(C(F)(F)F)c2)cc1-c1cc2cnc(N)nc2c(-c2ccncc2)c1O. The van der Waals surface area contributed by atoms with Gasteiger partial charge in [0.25, 0.3) is 5.91 Å². The predicted octanol–water partition coefficient (Wildman–Crippen LogP) is 6.23. The van der Waals surface area contributed by atoms with Crippen molar-refractivity contribution in [3.05, 3.63) is 95.9 Å². The van der Waals surface area contributed by atoms with Crippen molar-refractivity contribution in [3.8, 4) is 28.0 Å². The summed E-state index contributed by atoms with van der Waals surface area (Å²) in [4.78, 5) is 25.4. The molecule has 38 heavy (non-hydrogen) atoms. The van der Waals surface area contributed by atoms with Gasteiger partial charge in [0.05, 0.1) is 16.6 Å². The molecule has 0 saturated heterocycles. The minimum atomic E-state index is -4.54. The van der Waals surface area contributed by atoms with Crippen molar-refractivity contribution in [1.29, 1.82) is 0 Å².